The maximum Gasteiger partial charge on any atom is 0.0926 e. The van der Waals surface area contributed by atoms with Gasteiger partial charge in [-0.15, -0.1) is 0 Å². The van der Waals surface area contributed by atoms with Crippen LogP contribution in [0, 0.1) is 34.6 Å². The van der Waals surface area contributed by atoms with E-state index in [0.717, 1.165) is 88.3 Å². The zero-order chi connectivity index (χ0) is 25.7. The van der Waals surface area contributed by atoms with E-state index in [4.69, 9.17) is 9.97 Å². The molecule has 0 saturated carbocycles. The molecule has 6 nitrogen and oxygen atoms in total. The van der Waals surface area contributed by atoms with Gasteiger partial charge in [0.2, 0.25) is 0 Å². The molecule has 0 saturated heterocycles. The van der Waals surface area contributed by atoms with Crippen LogP contribution in [0.2, 0.25) is 0 Å². The van der Waals surface area contributed by atoms with Gasteiger partial charge >= 0.3 is 0 Å². The lowest BCUT2D eigenvalue weighted by Crippen LogP contribution is -2.27. The monoisotopic (exact) mass is 546 g/mol. The number of rotatable bonds is 0. The molecule has 188 valence electrons. The molecule has 0 fully saturated rings. The second kappa shape index (κ2) is 9.77. The van der Waals surface area contributed by atoms with Gasteiger partial charge in [0.1, 0.15) is 0 Å². The van der Waals surface area contributed by atoms with Crippen molar-refractivity contribution < 1.29 is 0 Å². The number of benzene rings is 2. The largest absolute Gasteiger partial charge is 0.302 e. The molecule has 2 aromatic heterocycles. The van der Waals surface area contributed by atoms with Crippen molar-refractivity contribution in [2.24, 2.45) is 0 Å². The van der Waals surface area contributed by atoms with E-state index in [9.17, 15) is 0 Å². The van der Waals surface area contributed by atoms with E-state index < -0.39 is 0 Å². The molecule has 0 aliphatic carbocycles. The summed E-state index contributed by atoms with van der Waals surface area (Å²) in [5.74, 6) is 0. The highest BCUT2D eigenvalue weighted by Crippen LogP contribution is 2.32. The lowest BCUT2D eigenvalue weighted by Gasteiger charge is -2.27. The number of aromatic nitrogens is 4. The van der Waals surface area contributed by atoms with E-state index in [-0.39, 0.29) is 0 Å². The Labute approximate surface area is 222 Å². The van der Waals surface area contributed by atoms with Gasteiger partial charge in [-0.1, -0.05) is 15.9 Å². The van der Waals surface area contributed by atoms with E-state index in [1.807, 2.05) is 27.7 Å². The molecule has 4 aromatic rings. The van der Waals surface area contributed by atoms with Crippen molar-refractivity contribution in [1.82, 2.24) is 29.7 Å². The second-order valence-electron chi connectivity index (χ2n) is 10.5. The van der Waals surface area contributed by atoms with Crippen LogP contribution in [0.25, 0.3) is 22.1 Å². The van der Waals surface area contributed by atoms with Crippen LogP contribution in [0.1, 0.15) is 50.6 Å². The summed E-state index contributed by atoms with van der Waals surface area (Å²) in [6.45, 7) is 14.5. The van der Waals surface area contributed by atoms with Gasteiger partial charge in [-0.25, -0.2) is 19.9 Å². The Morgan fingerprint density at radius 3 is 1.61 bits per heavy atom. The van der Waals surface area contributed by atoms with Crippen molar-refractivity contribution >= 4 is 38.0 Å². The maximum absolute atomic E-state index is 4.77. The first-order valence-electron chi connectivity index (χ1n) is 12.7. The third-order valence-electron chi connectivity index (χ3n) is 7.69. The SMILES string of the molecule is Cc1cc2nc(C)c(C)nc2c2c1CN(C)CC2.Cc1nc2cc(Br)c3c(c2nc1C)CCN(C)C3. The van der Waals surface area contributed by atoms with Crippen LogP contribution < -0.4 is 0 Å². The van der Waals surface area contributed by atoms with Crippen molar-refractivity contribution in [3.63, 3.8) is 0 Å². The molecule has 7 heteroatoms. The fraction of sp³-hybridized carbons (Fsp3) is 0.448. The van der Waals surface area contributed by atoms with Crippen LogP contribution in [0.5, 0.6) is 0 Å². The molecule has 2 aliphatic heterocycles. The lowest BCUT2D eigenvalue weighted by molar-refractivity contribution is 0.313. The molecule has 0 N–H and O–H groups in total. The minimum absolute atomic E-state index is 0.987. The maximum atomic E-state index is 4.77. The first-order valence-corrected chi connectivity index (χ1v) is 13.5. The molecular weight excluding hydrogens is 512 g/mol. The Morgan fingerprint density at radius 2 is 1.06 bits per heavy atom. The van der Waals surface area contributed by atoms with Gasteiger partial charge in [0.25, 0.3) is 0 Å². The Balaban J connectivity index is 0.000000148. The van der Waals surface area contributed by atoms with Crippen molar-refractivity contribution in [3.05, 3.63) is 67.2 Å². The van der Waals surface area contributed by atoms with Crippen LogP contribution >= 0.6 is 15.9 Å². The third-order valence-corrected chi connectivity index (χ3v) is 8.40. The smallest absolute Gasteiger partial charge is 0.0926 e. The van der Waals surface area contributed by atoms with Gasteiger partial charge < -0.3 is 9.80 Å². The van der Waals surface area contributed by atoms with Gasteiger partial charge in [0.05, 0.1) is 44.8 Å². The van der Waals surface area contributed by atoms with E-state index in [0.29, 0.717) is 0 Å². The summed E-state index contributed by atoms with van der Waals surface area (Å²) < 4.78 is 1.16. The summed E-state index contributed by atoms with van der Waals surface area (Å²) in [6.07, 6.45) is 2.14. The highest BCUT2D eigenvalue weighted by molar-refractivity contribution is 9.10. The Kier molecular flexibility index (Phi) is 6.83. The molecule has 0 bridgehead atoms. The average molecular weight is 548 g/mol. The van der Waals surface area contributed by atoms with E-state index in [1.165, 1.54) is 27.8 Å². The fourth-order valence-electron chi connectivity index (χ4n) is 5.29. The van der Waals surface area contributed by atoms with Crippen LogP contribution in [0.15, 0.2) is 16.6 Å². The van der Waals surface area contributed by atoms with E-state index >= 15 is 0 Å². The number of nitrogens with zero attached hydrogens (tertiary/aromatic N) is 6. The molecule has 0 spiro atoms. The van der Waals surface area contributed by atoms with Crippen molar-refractivity contribution in [2.45, 2.75) is 60.5 Å². The summed E-state index contributed by atoms with van der Waals surface area (Å²) >= 11 is 3.68. The van der Waals surface area contributed by atoms with Crippen molar-refractivity contribution in [2.75, 3.05) is 27.2 Å². The molecule has 2 aliphatic rings. The van der Waals surface area contributed by atoms with E-state index in [1.54, 1.807) is 0 Å². The molecule has 4 heterocycles. The molecule has 0 amide bonds. The molecule has 0 radical (unpaired) electrons. The summed E-state index contributed by atoms with van der Waals surface area (Å²) in [5.41, 5.74) is 15.4. The standard InChI is InChI=1S/C15H19N3.C14H16BrN3/c1-9-7-14-15(17-11(3)10(2)16-14)12-5-6-18(4)8-13(9)12;1-8-9(2)17-14-10-4-5-18(3)7-11(10)12(15)6-13(14)16-8/h7H,5-6,8H2,1-4H3;6H,4-5,7H2,1-3H3. The molecule has 6 rings (SSSR count). The molecule has 0 atom stereocenters. The molecule has 2 aromatic carbocycles. The average Bonchev–Trinajstić information content (AvgIpc) is 2.83. The zero-order valence-electron chi connectivity index (χ0n) is 22.5. The zero-order valence-corrected chi connectivity index (χ0v) is 24.0. The summed E-state index contributed by atoms with van der Waals surface area (Å²) in [7, 11) is 4.34. The van der Waals surface area contributed by atoms with Crippen LogP contribution in [0.3, 0.4) is 0 Å². The Hall–Kier alpha value is -2.48. The number of likely N-dealkylation sites (N-methyl/N-ethyl adjacent to an activating group) is 2. The lowest BCUT2D eigenvalue weighted by atomic mass is 9.94. The topological polar surface area (TPSA) is 58.0 Å². The molecular formula is C29H35BrN6. The highest BCUT2D eigenvalue weighted by Gasteiger charge is 2.21. The van der Waals surface area contributed by atoms with Crippen LogP contribution in [0.4, 0.5) is 0 Å². The number of hydrogen-bond acceptors (Lipinski definition) is 6. The second-order valence-corrected chi connectivity index (χ2v) is 11.3. The first-order chi connectivity index (χ1) is 17.1. The number of fused-ring (bicyclic) bond motifs is 6. The van der Waals surface area contributed by atoms with Crippen LogP contribution in [-0.2, 0) is 25.9 Å². The summed E-state index contributed by atoms with van der Waals surface area (Å²) in [5, 5.41) is 0. The normalized spacial score (nSPS) is 16.0. The molecule has 0 unspecified atom stereocenters. The molecule has 36 heavy (non-hydrogen) atoms. The summed E-state index contributed by atoms with van der Waals surface area (Å²) in [4.78, 5) is 23.6. The fourth-order valence-corrected chi connectivity index (χ4v) is 5.87. The predicted octanol–water partition coefficient (Wildman–Crippen LogP) is 5.54. The van der Waals surface area contributed by atoms with Gasteiger partial charge in [0, 0.05) is 30.7 Å². The van der Waals surface area contributed by atoms with Gasteiger partial charge in [-0.3, -0.25) is 0 Å². The van der Waals surface area contributed by atoms with Gasteiger partial charge in [0.15, 0.2) is 0 Å². The Morgan fingerprint density at radius 1 is 0.611 bits per heavy atom. The highest BCUT2D eigenvalue weighted by atomic mass is 79.9. The minimum atomic E-state index is 0.987. The number of aryl methyl sites for hydroxylation is 5. The number of halogens is 1. The number of hydrogen-bond donors (Lipinski definition) is 0. The van der Waals surface area contributed by atoms with E-state index in [2.05, 4.69) is 68.8 Å². The van der Waals surface area contributed by atoms with Crippen molar-refractivity contribution in [3.8, 4) is 0 Å². The predicted molar refractivity (Wildman–Crippen MR) is 151 cm³/mol. The minimum Gasteiger partial charge on any atom is -0.302 e. The first kappa shape index (κ1) is 25.2. The van der Waals surface area contributed by atoms with Crippen LogP contribution in [-0.4, -0.2) is 56.9 Å². The Bertz CT molecular complexity index is 1380. The van der Waals surface area contributed by atoms with Gasteiger partial charge in [-0.2, -0.15) is 0 Å². The van der Waals surface area contributed by atoms with Crippen molar-refractivity contribution in [1.29, 1.82) is 0 Å². The summed E-state index contributed by atoms with van der Waals surface area (Å²) in [6, 6.07) is 4.29. The quantitative estimate of drug-likeness (QED) is 0.288. The van der Waals surface area contributed by atoms with Gasteiger partial charge in [-0.05, 0) is 102 Å². The third kappa shape index (κ3) is 4.64.